The smallest absolute Gasteiger partial charge is 0.295 e. The molecule has 12 heteroatoms. The van der Waals surface area contributed by atoms with Crippen molar-refractivity contribution in [2.45, 2.75) is 9.79 Å². The van der Waals surface area contributed by atoms with Crippen LogP contribution in [0, 0.1) is 0 Å². The molecular weight excluding hydrogens is 422 g/mol. The molecule has 0 aliphatic carbocycles. The maximum Gasteiger partial charge on any atom is 0.295 e. The average Bonchev–Trinajstić information content (AvgIpc) is 2.64. The Kier molecular flexibility index (Phi) is 5.28. The summed E-state index contributed by atoms with van der Waals surface area (Å²) in [6, 6.07) is 10.6. The third kappa shape index (κ3) is 4.51. The number of anilines is 1. The number of hydrogen-bond donors (Lipinski definition) is 3. The van der Waals surface area contributed by atoms with Gasteiger partial charge in [-0.15, -0.1) is 0 Å². The predicted octanol–water partition coefficient (Wildman–Crippen LogP) is 3.34. The van der Waals surface area contributed by atoms with E-state index in [1.165, 1.54) is 25.3 Å². The molecule has 0 aromatic heterocycles. The molecule has 0 atom stereocenters. The van der Waals surface area contributed by atoms with Gasteiger partial charge in [0.1, 0.15) is 10.6 Å². The number of rotatable bonds is 5. The van der Waals surface area contributed by atoms with E-state index >= 15 is 0 Å². The molecular formula is C17H15N3O7S2. The molecule has 0 radical (unpaired) electrons. The van der Waals surface area contributed by atoms with Crippen molar-refractivity contribution < 1.29 is 30.7 Å². The minimum absolute atomic E-state index is 0.00577. The van der Waals surface area contributed by atoms with Gasteiger partial charge in [-0.05, 0) is 41.8 Å². The highest BCUT2D eigenvalue weighted by Crippen LogP contribution is 2.32. The highest BCUT2D eigenvalue weighted by Gasteiger charge is 2.20. The average molecular weight is 437 g/mol. The number of azo groups is 1. The SMILES string of the molecule is COc1cc(N=Nc2ccc3cc(S(=O)(=O)O)cc(S(=O)(=O)O)c3c2)ccc1N. The summed E-state index contributed by atoms with van der Waals surface area (Å²) >= 11 is 0. The summed E-state index contributed by atoms with van der Waals surface area (Å²) in [7, 11) is -8.02. The fourth-order valence-electron chi connectivity index (χ4n) is 2.59. The molecule has 0 aliphatic rings. The number of fused-ring (bicyclic) bond motifs is 1. The molecule has 0 aliphatic heterocycles. The summed E-state index contributed by atoms with van der Waals surface area (Å²) in [6.45, 7) is 0. The van der Waals surface area contributed by atoms with Gasteiger partial charge >= 0.3 is 0 Å². The van der Waals surface area contributed by atoms with E-state index in [1.54, 1.807) is 18.2 Å². The van der Waals surface area contributed by atoms with E-state index < -0.39 is 30.0 Å². The molecule has 0 unspecified atom stereocenters. The molecule has 0 fully saturated rings. The van der Waals surface area contributed by atoms with Crippen LogP contribution in [0.5, 0.6) is 5.75 Å². The van der Waals surface area contributed by atoms with Crippen molar-refractivity contribution in [3.05, 3.63) is 48.5 Å². The van der Waals surface area contributed by atoms with Gasteiger partial charge in [-0.2, -0.15) is 27.1 Å². The van der Waals surface area contributed by atoms with E-state index in [9.17, 15) is 25.9 Å². The van der Waals surface area contributed by atoms with E-state index in [2.05, 4.69) is 10.2 Å². The van der Waals surface area contributed by atoms with E-state index in [4.69, 9.17) is 10.5 Å². The summed E-state index contributed by atoms with van der Waals surface area (Å²) in [4.78, 5) is -1.35. The Morgan fingerprint density at radius 3 is 2.07 bits per heavy atom. The van der Waals surface area contributed by atoms with Gasteiger partial charge in [0, 0.05) is 11.5 Å². The van der Waals surface area contributed by atoms with Crippen LogP contribution in [-0.2, 0) is 20.2 Å². The highest BCUT2D eigenvalue weighted by molar-refractivity contribution is 7.86. The Hall–Kier alpha value is -3.06. The number of nitrogen functional groups attached to an aromatic ring is 1. The topological polar surface area (TPSA) is 169 Å². The molecule has 3 aromatic rings. The Balaban J connectivity index is 2.12. The first kappa shape index (κ1) is 20.7. The van der Waals surface area contributed by atoms with E-state index in [1.807, 2.05) is 0 Å². The van der Waals surface area contributed by atoms with Gasteiger partial charge in [-0.3, -0.25) is 9.11 Å². The fraction of sp³-hybridized carbons (Fsp3) is 0.0588. The molecule has 0 amide bonds. The molecule has 10 nitrogen and oxygen atoms in total. The van der Waals surface area contributed by atoms with Crippen molar-refractivity contribution in [3.63, 3.8) is 0 Å². The maximum absolute atomic E-state index is 11.7. The van der Waals surface area contributed by atoms with Crippen LogP contribution in [0.4, 0.5) is 17.1 Å². The van der Waals surface area contributed by atoms with Crippen LogP contribution in [0.3, 0.4) is 0 Å². The van der Waals surface area contributed by atoms with Crippen molar-refractivity contribution in [1.82, 2.24) is 0 Å². The number of nitrogens with two attached hydrogens (primary N) is 1. The van der Waals surface area contributed by atoms with Crippen LogP contribution in [0.25, 0.3) is 10.8 Å². The lowest BCUT2D eigenvalue weighted by Gasteiger charge is -2.07. The van der Waals surface area contributed by atoms with Crippen molar-refractivity contribution >= 4 is 48.1 Å². The van der Waals surface area contributed by atoms with Crippen LogP contribution < -0.4 is 10.5 Å². The minimum Gasteiger partial charge on any atom is -0.495 e. The zero-order chi connectivity index (χ0) is 21.4. The Labute approximate surface area is 166 Å². The summed E-state index contributed by atoms with van der Waals surface area (Å²) in [6.07, 6.45) is 0. The summed E-state index contributed by atoms with van der Waals surface area (Å²) in [5.74, 6) is 0.409. The molecule has 3 rings (SSSR count). The van der Waals surface area contributed by atoms with Crippen LogP contribution >= 0.6 is 0 Å². The van der Waals surface area contributed by atoms with Gasteiger partial charge in [-0.25, -0.2) is 0 Å². The normalized spacial score (nSPS) is 12.5. The number of methoxy groups -OCH3 is 1. The van der Waals surface area contributed by atoms with Crippen molar-refractivity contribution in [2.24, 2.45) is 10.2 Å². The minimum atomic E-state index is -4.79. The van der Waals surface area contributed by atoms with Crippen molar-refractivity contribution in [2.75, 3.05) is 12.8 Å². The highest BCUT2D eigenvalue weighted by atomic mass is 32.2. The molecule has 3 aromatic carbocycles. The fourth-order valence-corrected chi connectivity index (χ4v) is 3.94. The maximum atomic E-state index is 11.7. The van der Waals surface area contributed by atoms with E-state index in [-0.39, 0.29) is 16.5 Å². The van der Waals surface area contributed by atoms with E-state index in [0.29, 0.717) is 23.2 Å². The zero-order valence-electron chi connectivity index (χ0n) is 14.8. The molecule has 0 saturated carbocycles. The van der Waals surface area contributed by atoms with Gasteiger partial charge < -0.3 is 10.5 Å². The first-order valence-corrected chi connectivity index (χ1v) is 10.7. The standard InChI is InChI=1S/C17H15N3O7S2/c1-27-16-8-12(4-5-15(16)18)20-19-11-3-2-10-6-13(28(21,22)23)9-17(14(10)7-11)29(24,25)26/h2-9H,18H2,1H3,(H,21,22,23)(H,24,25,26). The van der Waals surface area contributed by atoms with Gasteiger partial charge in [0.25, 0.3) is 20.2 Å². The Morgan fingerprint density at radius 1 is 0.862 bits per heavy atom. The van der Waals surface area contributed by atoms with Crippen LogP contribution in [-0.4, -0.2) is 33.1 Å². The number of benzene rings is 3. The first-order chi connectivity index (χ1) is 13.5. The Morgan fingerprint density at radius 2 is 1.48 bits per heavy atom. The molecule has 29 heavy (non-hydrogen) atoms. The molecule has 0 heterocycles. The molecule has 0 spiro atoms. The number of ether oxygens (including phenoxy) is 1. The second-order valence-electron chi connectivity index (χ2n) is 5.90. The molecule has 152 valence electrons. The largest absolute Gasteiger partial charge is 0.495 e. The van der Waals surface area contributed by atoms with Crippen molar-refractivity contribution in [1.29, 1.82) is 0 Å². The summed E-state index contributed by atoms with van der Waals surface area (Å²) < 4.78 is 70.0. The van der Waals surface area contributed by atoms with Gasteiger partial charge in [0.05, 0.1) is 29.1 Å². The zero-order valence-corrected chi connectivity index (χ0v) is 16.5. The van der Waals surface area contributed by atoms with E-state index in [0.717, 1.165) is 6.07 Å². The van der Waals surface area contributed by atoms with Gasteiger partial charge in [0.15, 0.2) is 0 Å². The van der Waals surface area contributed by atoms with Gasteiger partial charge in [0.2, 0.25) is 0 Å². The van der Waals surface area contributed by atoms with Gasteiger partial charge in [-0.1, -0.05) is 6.07 Å². The van der Waals surface area contributed by atoms with Crippen LogP contribution in [0.15, 0.2) is 68.6 Å². The molecule has 0 bridgehead atoms. The summed E-state index contributed by atoms with van der Waals surface area (Å²) in [5.41, 5.74) is 6.81. The monoisotopic (exact) mass is 437 g/mol. The molecule has 0 saturated heterocycles. The lowest BCUT2D eigenvalue weighted by molar-refractivity contribution is 0.417. The van der Waals surface area contributed by atoms with Crippen LogP contribution in [0.1, 0.15) is 0 Å². The second-order valence-corrected chi connectivity index (χ2v) is 8.71. The number of hydrogen-bond acceptors (Lipinski definition) is 8. The lowest BCUT2D eigenvalue weighted by atomic mass is 10.1. The molecule has 4 N–H and O–H groups in total. The first-order valence-electron chi connectivity index (χ1n) is 7.87. The number of nitrogens with zero attached hydrogens (tertiary/aromatic N) is 2. The van der Waals surface area contributed by atoms with Crippen LogP contribution in [0.2, 0.25) is 0 Å². The third-order valence-corrected chi connectivity index (χ3v) is 5.67. The predicted molar refractivity (Wildman–Crippen MR) is 105 cm³/mol. The summed E-state index contributed by atoms with van der Waals surface area (Å²) in [5, 5.41) is 8.19. The quantitative estimate of drug-likeness (QED) is 0.310. The third-order valence-electron chi connectivity index (χ3n) is 3.95. The lowest BCUT2D eigenvalue weighted by Crippen LogP contribution is -2.04. The second kappa shape index (κ2) is 7.40. The van der Waals surface area contributed by atoms with Crippen molar-refractivity contribution in [3.8, 4) is 5.75 Å². The Bertz CT molecular complexity index is 1350.